The van der Waals surface area contributed by atoms with Crippen LogP contribution in [0.15, 0.2) is 53.7 Å². The number of aromatic nitrogens is 3. The normalized spacial score (nSPS) is 12.2. The second-order valence-electron chi connectivity index (χ2n) is 7.74. The third-order valence-electron chi connectivity index (χ3n) is 4.90. The van der Waals surface area contributed by atoms with Gasteiger partial charge in [0.05, 0.1) is 6.04 Å². The van der Waals surface area contributed by atoms with Crippen molar-refractivity contribution < 1.29 is 4.79 Å². The van der Waals surface area contributed by atoms with Gasteiger partial charge in [-0.25, -0.2) is 0 Å². The van der Waals surface area contributed by atoms with Crippen molar-refractivity contribution in [3.63, 3.8) is 0 Å². The number of amides is 1. The lowest BCUT2D eigenvalue weighted by Gasteiger charge is -2.21. The first-order chi connectivity index (χ1) is 13.8. The molecule has 29 heavy (non-hydrogen) atoms. The topological polar surface area (TPSA) is 59.8 Å². The van der Waals surface area contributed by atoms with Gasteiger partial charge in [-0.1, -0.05) is 73.1 Å². The largest absolute Gasteiger partial charge is 0.342 e. The van der Waals surface area contributed by atoms with E-state index in [2.05, 4.69) is 60.6 Å². The van der Waals surface area contributed by atoms with E-state index in [1.165, 1.54) is 11.1 Å². The highest BCUT2D eigenvalue weighted by Gasteiger charge is 2.25. The van der Waals surface area contributed by atoms with Crippen molar-refractivity contribution >= 4 is 17.7 Å². The Balaban J connectivity index is 1.73. The molecule has 0 fully saturated rings. The predicted molar refractivity (Wildman–Crippen MR) is 118 cm³/mol. The number of carbonyl (C=O) groups excluding carboxylic acids is 1. The Morgan fingerprint density at radius 2 is 1.59 bits per heavy atom. The second-order valence-corrected chi connectivity index (χ2v) is 8.68. The van der Waals surface area contributed by atoms with E-state index >= 15 is 0 Å². The number of hydrogen-bond donors (Lipinski definition) is 1. The molecular formula is C23H28N4OS. The van der Waals surface area contributed by atoms with Crippen LogP contribution in [0, 0.1) is 19.8 Å². The van der Waals surface area contributed by atoms with Gasteiger partial charge in [0.1, 0.15) is 0 Å². The van der Waals surface area contributed by atoms with Crippen LogP contribution >= 0.6 is 11.8 Å². The van der Waals surface area contributed by atoms with Crippen LogP contribution in [-0.2, 0) is 12.8 Å². The third-order valence-corrected chi connectivity index (χ3v) is 5.99. The van der Waals surface area contributed by atoms with Gasteiger partial charge < -0.3 is 9.88 Å². The summed E-state index contributed by atoms with van der Waals surface area (Å²) in [5.74, 6) is 1.68. The van der Waals surface area contributed by atoms with E-state index in [4.69, 9.17) is 0 Å². The zero-order valence-corrected chi connectivity index (χ0v) is 18.5. The Morgan fingerprint density at radius 3 is 2.17 bits per heavy atom. The number of carbonyl (C=O) groups is 1. The maximum atomic E-state index is 12.7. The summed E-state index contributed by atoms with van der Waals surface area (Å²) in [5, 5.41) is 12.7. The molecule has 0 radical (unpaired) electrons. The van der Waals surface area contributed by atoms with E-state index in [0.717, 1.165) is 22.3 Å². The summed E-state index contributed by atoms with van der Waals surface area (Å²) in [6.45, 7) is 8.25. The monoisotopic (exact) mass is 408 g/mol. The molecule has 0 bridgehead atoms. The molecule has 1 aromatic heterocycles. The first-order valence-electron chi connectivity index (χ1n) is 9.80. The van der Waals surface area contributed by atoms with E-state index in [-0.39, 0.29) is 17.9 Å². The zero-order chi connectivity index (χ0) is 21.0. The highest BCUT2D eigenvalue weighted by molar-refractivity contribution is 7.98. The second kappa shape index (κ2) is 9.27. The Bertz CT molecular complexity index is 962. The van der Waals surface area contributed by atoms with Crippen LogP contribution in [0.25, 0.3) is 0 Å². The number of aryl methyl sites for hydroxylation is 2. The van der Waals surface area contributed by atoms with Crippen molar-refractivity contribution in [2.24, 2.45) is 13.0 Å². The minimum Gasteiger partial charge on any atom is -0.342 e. The van der Waals surface area contributed by atoms with Gasteiger partial charge in [-0.05, 0) is 37.5 Å². The first-order valence-corrected chi connectivity index (χ1v) is 10.8. The molecule has 152 valence electrons. The van der Waals surface area contributed by atoms with Gasteiger partial charge in [0.25, 0.3) is 5.91 Å². The summed E-state index contributed by atoms with van der Waals surface area (Å²) >= 11 is 1.65. The van der Waals surface area contributed by atoms with E-state index in [0.29, 0.717) is 5.56 Å². The summed E-state index contributed by atoms with van der Waals surface area (Å²) in [6, 6.07) is 15.9. The molecule has 5 nitrogen and oxygen atoms in total. The lowest BCUT2D eigenvalue weighted by Crippen LogP contribution is -2.33. The molecule has 0 aliphatic rings. The number of hydrogen-bond acceptors (Lipinski definition) is 4. The SMILES string of the molecule is Cc1ccc(CSc2nnc([C@H](NC(=O)c3ccc(C)cc3)C(C)C)n2C)cc1. The van der Waals surface area contributed by atoms with Gasteiger partial charge in [-0.15, -0.1) is 10.2 Å². The minimum atomic E-state index is -0.213. The maximum Gasteiger partial charge on any atom is 0.251 e. The standard InChI is InChI=1S/C23H28N4OS/c1-15(2)20(24-22(28)19-12-8-17(4)9-13-19)21-25-26-23(27(21)5)29-14-18-10-6-16(3)7-11-18/h6-13,15,20H,14H2,1-5H3,(H,24,28)/t20-/m1/s1. The van der Waals surface area contributed by atoms with Crippen LogP contribution in [-0.4, -0.2) is 20.7 Å². The number of benzene rings is 2. The highest BCUT2D eigenvalue weighted by atomic mass is 32.2. The third kappa shape index (κ3) is 5.26. The molecule has 0 aliphatic carbocycles. The summed E-state index contributed by atoms with van der Waals surface area (Å²) in [4.78, 5) is 12.7. The molecule has 2 aromatic carbocycles. The molecular weight excluding hydrogens is 380 g/mol. The Labute approximate surface area is 176 Å². The molecule has 0 spiro atoms. The fourth-order valence-electron chi connectivity index (χ4n) is 3.01. The quantitative estimate of drug-likeness (QED) is 0.568. The molecule has 6 heteroatoms. The van der Waals surface area contributed by atoms with Crippen molar-refractivity contribution in [2.75, 3.05) is 0 Å². The van der Waals surface area contributed by atoms with Crippen LogP contribution < -0.4 is 5.32 Å². The van der Waals surface area contributed by atoms with Gasteiger partial charge in [0.2, 0.25) is 0 Å². The average molecular weight is 409 g/mol. The fourth-order valence-corrected chi connectivity index (χ4v) is 3.89. The maximum absolute atomic E-state index is 12.7. The van der Waals surface area contributed by atoms with Crippen LogP contribution in [0.4, 0.5) is 0 Å². The summed E-state index contributed by atoms with van der Waals surface area (Å²) in [7, 11) is 1.96. The molecule has 1 N–H and O–H groups in total. The van der Waals surface area contributed by atoms with Crippen molar-refractivity contribution in [2.45, 2.75) is 44.6 Å². The van der Waals surface area contributed by atoms with Crippen LogP contribution in [0.1, 0.15) is 52.8 Å². The summed E-state index contributed by atoms with van der Waals surface area (Å²) in [6.07, 6.45) is 0. The number of nitrogens with zero attached hydrogens (tertiary/aromatic N) is 3. The van der Waals surface area contributed by atoms with Gasteiger partial charge in [-0.2, -0.15) is 0 Å². The van der Waals surface area contributed by atoms with Crippen molar-refractivity contribution in [1.29, 1.82) is 0 Å². The molecule has 1 heterocycles. The Morgan fingerprint density at radius 1 is 1.00 bits per heavy atom. The molecule has 1 atom stereocenters. The molecule has 3 rings (SSSR count). The minimum absolute atomic E-state index is 0.0967. The zero-order valence-electron chi connectivity index (χ0n) is 17.6. The van der Waals surface area contributed by atoms with Gasteiger partial charge >= 0.3 is 0 Å². The van der Waals surface area contributed by atoms with Gasteiger partial charge in [-0.3, -0.25) is 4.79 Å². The number of thioether (sulfide) groups is 1. The fraction of sp³-hybridized carbons (Fsp3) is 0.348. The summed E-state index contributed by atoms with van der Waals surface area (Å²) in [5.41, 5.74) is 4.28. The van der Waals surface area contributed by atoms with Gasteiger partial charge in [0, 0.05) is 18.4 Å². The molecule has 3 aromatic rings. The molecule has 0 aliphatic heterocycles. The van der Waals surface area contributed by atoms with E-state index in [1.807, 2.05) is 42.8 Å². The van der Waals surface area contributed by atoms with Gasteiger partial charge in [0.15, 0.2) is 11.0 Å². The molecule has 0 saturated carbocycles. The Kier molecular flexibility index (Phi) is 6.75. The van der Waals surface area contributed by atoms with E-state index < -0.39 is 0 Å². The molecule has 0 unspecified atom stereocenters. The number of rotatable bonds is 7. The summed E-state index contributed by atoms with van der Waals surface area (Å²) < 4.78 is 1.99. The van der Waals surface area contributed by atoms with Crippen LogP contribution in [0.3, 0.4) is 0 Å². The Hall–Kier alpha value is -2.60. The van der Waals surface area contributed by atoms with E-state index in [1.54, 1.807) is 11.8 Å². The lowest BCUT2D eigenvalue weighted by molar-refractivity contribution is 0.0922. The molecule has 0 saturated heterocycles. The van der Waals surface area contributed by atoms with Crippen molar-refractivity contribution in [1.82, 2.24) is 20.1 Å². The lowest BCUT2D eigenvalue weighted by atomic mass is 10.0. The first kappa shape index (κ1) is 21.1. The van der Waals surface area contributed by atoms with Crippen LogP contribution in [0.2, 0.25) is 0 Å². The smallest absolute Gasteiger partial charge is 0.251 e. The average Bonchev–Trinajstić information content (AvgIpc) is 3.06. The predicted octanol–water partition coefficient (Wildman–Crippen LogP) is 4.85. The van der Waals surface area contributed by atoms with Crippen LogP contribution in [0.5, 0.6) is 0 Å². The van der Waals surface area contributed by atoms with E-state index in [9.17, 15) is 4.79 Å². The number of nitrogens with one attached hydrogen (secondary N) is 1. The molecule has 1 amide bonds. The van der Waals surface area contributed by atoms with Crippen molar-refractivity contribution in [3.8, 4) is 0 Å². The highest BCUT2D eigenvalue weighted by Crippen LogP contribution is 2.26. The van der Waals surface area contributed by atoms with Crippen molar-refractivity contribution in [3.05, 3.63) is 76.6 Å².